The zero-order valence-electron chi connectivity index (χ0n) is 13.0. The number of hydrogen-bond acceptors (Lipinski definition) is 4. The van der Waals surface area contributed by atoms with Gasteiger partial charge in [-0.05, 0) is 38.3 Å². The van der Waals surface area contributed by atoms with Gasteiger partial charge in [-0.3, -0.25) is 4.79 Å². The monoisotopic (exact) mass is 299 g/mol. The van der Waals surface area contributed by atoms with Crippen LogP contribution >= 0.6 is 0 Å². The second kappa shape index (κ2) is 6.25. The van der Waals surface area contributed by atoms with Gasteiger partial charge in [0.25, 0.3) is 0 Å². The van der Waals surface area contributed by atoms with Crippen LogP contribution in [0.3, 0.4) is 0 Å². The molecule has 1 aliphatic rings. The second-order valence-corrected chi connectivity index (χ2v) is 5.94. The molecule has 6 heteroatoms. The fourth-order valence-electron chi connectivity index (χ4n) is 3.13. The molecule has 0 N–H and O–H groups in total. The minimum absolute atomic E-state index is 0.0664. The highest BCUT2D eigenvalue weighted by Gasteiger charge is 2.29. The SMILES string of the molecule is C[C@@H]1CCC[C@H](C)N1C(=O)Cn1nnc(-c2ccccc2)n1. The molecule has 2 heterocycles. The summed E-state index contributed by atoms with van der Waals surface area (Å²) in [7, 11) is 0. The Morgan fingerprint density at radius 2 is 1.86 bits per heavy atom. The summed E-state index contributed by atoms with van der Waals surface area (Å²) in [4.78, 5) is 15.9. The minimum atomic E-state index is 0.0664. The van der Waals surface area contributed by atoms with Crippen molar-refractivity contribution in [3.05, 3.63) is 30.3 Å². The molecule has 2 atom stereocenters. The number of carbonyl (C=O) groups excluding carboxylic acids is 1. The molecule has 116 valence electrons. The maximum atomic E-state index is 12.5. The van der Waals surface area contributed by atoms with Crippen LogP contribution in [-0.2, 0) is 11.3 Å². The van der Waals surface area contributed by atoms with Crippen LogP contribution in [0.25, 0.3) is 11.4 Å². The van der Waals surface area contributed by atoms with E-state index in [0.29, 0.717) is 5.82 Å². The number of aromatic nitrogens is 4. The van der Waals surface area contributed by atoms with E-state index >= 15 is 0 Å². The lowest BCUT2D eigenvalue weighted by atomic mass is 9.97. The maximum absolute atomic E-state index is 12.5. The largest absolute Gasteiger partial charge is 0.336 e. The standard InChI is InChI=1S/C16H21N5O/c1-12-7-6-8-13(2)21(12)15(22)11-20-18-16(17-19-20)14-9-4-3-5-10-14/h3-5,9-10,12-13H,6-8,11H2,1-2H3/t12-,13+. The topological polar surface area (TPSA) is 63.9 Å². The smallest absolute Gasteiger partial charge is 0.246 e. The van der Waals surface area contributed by atoms with Crippen LogP contribution in [0.5, 0.6) is 0 Å². The Hall–Kier alpha value is -2.24. The predicted molar refractivity (Wildman–Crippen MR) is 82.9 cm³/mol. The molecule has 1 saturated heterocycles. The van der Waals surface area contributed by atoms with E-state index < -0.39 is 0 Å². The number of likely N-dealkylation sites (tertiary alicyclic amines) is 1. The molecule has 1 aromatic heterocycles. The third-order valence-corrected chi connectivity index (χ3v) is 4.24. The Kier molecular flexibility index (Phi) is 4.18. The molecule has 0 spiro atoms. The second-order valence-electron chi connectivity index (χ2n) is 5.94. The van der Waals surface area contributed by atoms with Gasteiger partial charge in [-0.25, -0.2) is 0 Å². The third-order valence-electron chi connectivity index (χ3n) is 4.24. The van der Waals surface area contributed by atoms with Gasteiger partial charge < -0.3 is 4.90 Å². The Labute approximate surface area is 130 Å². The fraction of sp³-hybridized carbons (Fsp3) is 0.500. The zero-order valence-corrected chi connectivity index (χ0v) is 13.0. The predicted octanol–water partition coefficient (Wildman–Crippen LogP) is 2.13. The lowest BCUT2D eigenvalue weighted by Gasteiger charge is -2.38. The number of carbonyl (C=O) groups is 1. The van der Waals surface area contributed by atoms with Crippen LogP contribution < -0.4 is 0 Å². The molecule has 0 radical (unpaired) electrons. The van der Waals surface area contributed by atoms with Gasteiger partial charge >= 0.3 is 0 Å². The number of benzene rings is 1. The van der Waals surface area contributed by atoms with Gasteiger partial charge in [0.15, 0.2) is 0 Å². The van der Waals surface area contributed by atoms with Crippen LogP contribution in [0.4, 0.5) is 0 Å². The van der Waals surface area contributed by atoms with Gasteiger partial charge in [0.05, 0.1) is 0 Å². The van der Waals surface area contributed by atoms with Crippen LogP contribution in [0.15, 0.2) is 30.3 Å². The highest BCUT2D eigenvalue weighted by atomic mass is 16.2. The first-order valence-corrected chi connectivity index (χ1v) is 7.79. The van der Waals surface area contributed by atoms with E-state index in [1.165, 1.54) is 11.2 Å². The summed E-state index contributed by atoms with van der Waals surface area (Å²) < 4.78 is 0. The van der Waals surface area contributed by atoms with E-state index in [-0.39, 0.29) is 24.5 Å². The van der Waals surface area contributed by atoms with Gasteiger partial charge in [-0.1, -0.05) is 30.3 Å². The third kappa shape index (κ3) is 3.00. The summed E-state index contributed by atoms with van der Waals surface area (Å²) in [6.07, 6.45) is 3.32. The van der Waals surface area contributed by atoms with Crippen molar-refractivity contribution in [3.8, 4) is 11.4 Å². The summed E-state index contributed by atoms with van der Waals surface area (Å²) in [6.45, 7) is 4.37. The summed E-state index contributed by atoms with van der Waals surface area (Å²) in [5.41, 5.74) is 0.904. The quantitative estimate of drug-likeness (QED) is 0.871. The van der Waals surface area contributed by atoms with Crippen molar-refractivity contribution in [2.75, 3.05) is 0 Å². The van der Waals surface area contributed by atoms with Crippen molar-refractivity contribution in [2.45, 2.75) is 51.7 Å². The van der Waals surface area contributed by atoms with Gasteiger partial charge in [-0.2, -0.15) is 4.80 Å². The summed E-state index contributed by atoms with van der Waals surface area (Å²) in [5.74, 6) is 0.616. The number of nitrogens with zero attached hydrogens (tertiary/aromatic N) is 5. The Bertz CT molecular complexity index is 629. The first kappa shape index (κ1) is 14.7. The highest BCUT2D eigenvalue weighted by molar-refractivity contribution is 5.76. The number of rotatable bonds is 3. The van der Waals surface area contributed by atoms with Crippen molar-refractivity contribution in [3.63, 3.8) is 0 Å². The Morgan fingerprint density at radius 3 is 2.55 bits per heavy atom. The fourth-order valence-corrected chi connectivity index (χ4v) is 3.13. The minimum Gasteiger partial charge on any atom is -0.336 e. The first-order valence-electron chi connectivity index (χ1n) is 7.79. The number of tetrazole rings is 1. The molecule has 1 aliphatic heterocycles. The van der Waals surface area contributed by atoms with Gasteiger partial charge in [-0.15, -0.1) is 10.2 Å². The van der Waals surface area contributed by atoms with E-state index in [0.717, 1.165) is 18.4 Å². The van der Waals surface area contributed by atoms with Gasteiger partial charge in [0.1, 0.15) is 6.54 Å². The molecule has 3 rings (SSSR count). The van der Waals surface area contributed by atoms with Crippen LogP contribution in [0, 0.1) is 0 Å². The normalized spacial score (nSPS) is 21.8. The maximum Gasteiger partial charge on any atom is 0.246 e. The van der Waals surface area contributed by atoms with E-state index in [4.69, 9.17) is 0 Å². The Balaban J connectivity index is 1.71. The molecular formula is C16H21N5O. The van der Waals surface area contributed by atoms with Crippen molar-refractivity contribution in [1.29, 1.82) is 0 Å². The first-order chi connectivity index (χ1) is 10.6. The van der Waals surface area contributed by atoms with Crippen molar-refractivity contribution < 1.29 is 4.79 Å². The lowest BCUT2D eigenvalue weighted by molar-refractivity contribution is -0.138. The summed E-state index contributed by atoms with van der Waals surface area (Å²) >= 11 is 0. The lowest BCUT2D eigenvalue weighted by Crippen LogP contribution is -2.48. The summed E-state index contributed by atoms with van der Waals surface area (Å²) in [6, 6.07) is 10.2. The molecule has 0 unspecified atom stereocenters. The molecule has 0 aliphatic carbocycles. The number of amides is 1. The van der Waals surface area contributed by atoms with Crippen LogP contribution in [0.1, 0.15) is 33.1 Å². The van der Waals surface area contributed by atoms with E-state index in [1.807, 2.05) is 35.2 Å². The molecule has 0 saturated carbocycles. The van der Waals surface area contributed by atoms with E-state index in [2.05, 4.69) is 29.3 Å². The van der Waals surface area contributed by atoms with Crippen LogP contribution in [0.2, 0.25) is 0 Å². The van der Waals surface area contributed by atoms with E-state index in [9.17, 15) is 4.79 Å². The van der Waals surface area contributed by atoms with Gasteiger partial charge in [0, 0.05) is 17.6 Å². The molecule has 1 aromatic carbocycles. The average Bonchev–Trinajstić information content (AvgIpc) is 2.96. The van der Waals surface area contributed by atoms with Crippen molar-refractivity contribution >= 4 is 5.91 Å². The molecule has 1 fully saturated rings. The number of piperidine rings is 1. The van der Waals surface area contributed by atoms with Crippen LogP contribution in [-0.4, -0.2) is 43.1 Å². The molecule has 2 aromatic rings. The Morgan fingerprint density at radius 1 is 1.18 bits per heavy atom. The molecular weight excluding hydrogens is 278 g/mol. The zero-order chi connectivity index (χ0) is 15.5. The van der Waals surface area contributed by atoms with Gasteiger partial charge in [0.2, 0.25) is 11.7 Å². The molecule has 1 amide bonds. The number of hydrogen-bond donors (Lipinski definition) is 0. The molecule has 22 heavy (non-hydrogen) atoms. The highest BCUT2D eigenvalue weighted by Crippen LogP contribution is 2.22. The molecule has 6 nitrogen and oxygen atoms in total. The summed E-state index contributed by atoms with van der Waals surface area (Å²) in [5, 5.41) is 12.4. The molecule has 0 bridgehead atoms. The van der Waals surface area contributed by atoms with E-state index in [1.54, 1.807) is 0 Å². The van der Waals surface area contributed by atoms with Crippen molar-refractivity contribution in [1.82, 2.24) is 25.1 Å². The van der Waals surface area contributed by atoms with Crippen molar-refractivity contribution in [2.24, 2.45) is 0 Å². The average molecular weight is 299 g/mol.